The van der Waals surface area contributed by atoms with E-state index in [9.17, 15) is 9.59 Å². The Kier molecular flexibility index (Phi) is 4.54. The van der Waals surface area contributed by atoms with Crippen molar-refractivity contribution in [3.05, 3.63) is 41.2 Å². The Morgan fingerprint density at radius 3 is 2.72 bits per heavy atom. The second-order valence-corrected chi connectivity index (χ2v) is 6.26. The van der Waals surface area contributed by atoms with Crippen LogP contribution in [0.4, 0.5) is 0 Å². The van der Waals surface area contributed by atoms with Gasteiger partial charge >= 0.3 is 5.97 Å². The SMILES string of the molecule is Cc1cccc(-n2nnc(C(=O)N3CC(C(=O)O)O[C@H](C)C3)c2C)c1. The van der Waals surface area contributed by atoms with E-state index >= 15 is 0 Å². The van der Waals surface area contributed by atoms with Crippen LogP contribution in [0.2, 0.25) is 0 Å². The zero-order valence-electron chi connectivity index (χ0n) is 14.3. The molecule has 1 fully saturated rings. The molecular formula is C17H20N4O4. The van der Waals surface area contributed by atoms with E-state index in [0.717, 1.165) is 11.3 Å². The first-order valence-electron chi connectivity index (χ1n) is 8.03. The van der Waals surface area contributed by atoms with Crippen molar-refractivity contribution in [2.75, 3.05) is 13.1 Å². The van der Waals surface area contributed by atoms with Crippen LogP contribution in [0.5, 0.6) is 0 Å². The lowest BCUT2D eigenvalue weighted by molar-refractivity contribution is -0.160. The molecule has 8 nitrogen and oxygen atoms in total. The molecule has 1 N–H and O–H groups in total. The summed E-state index contributed by atoms with van der Waals surface area (Å²) in [5.41, 5.74) is 2.73. The number of aromatic nitrogens is 3. The fraction of sp³-hybridized carbons (Fsp3) is 0.412. The van der Waals surface area contributed by atoms with Gasteiger partial charge in [-0.25, -0.2) is 9.48 Å². The summed E-state index contributed by atoms with van der Waals surface area (Å²) in [6.45, 7) is 5.80. The van der Waals surface area contributed by atoms with Gasteiger partial charge in [-0.15, -0.1) is 5.10 Å². The van der Waals surface area contributed by atoms with Crippen molar-refractivity contribution in [3.63, 3.8) is 0 Å². The largest absolute Gasteiger partial charge is 0.479 e. The van der Waals surface area contributed by atoms with Gasteiger partial charge < -0.3 is 14.7 Å². The van der Waals surface area contributed by atoms with Crippen LogP contribution in [0.1, 0.15) is 28.7 Å². The maximum Gasteiger partial charge on any atom is 0.334 e. The van der Waals surface area contributed by atoms with Crippen LogP contribution in [0.3, 0.4) is 0 Å². The van der Waals surface area contributed by atoms with Crippen molar-refractivity contribution in [2.45, 2.75) is 33.0 Å². The van der Waals surface area contributed by atoms with E-state index in [-0.39, 0.29) is 24.2 Å². The summed E-state index contributed by atoms with van der Waals surface area (Å²) < 4.78 is 6.96. The molecule has 1 saturated heterocycles. The number of carbonyl (C=O) groups is 2. The first-order valence-corrected chi connectivity index (χ1v) is 8.03. The van der Waals surface area contributed by atoms with Gasteiger partial charge in [0.1, 0.15) is 0 Å². The number of aliphatic carboxylic acids is 1. The number of benzene rings is 1. The van der Waals surface area contributed by atoms with E-state index in [4.69, 9.17) is 9.84 Å². The summed E-state index contributed by atoms with van der Waals surface area (Å²) in [5.74, 6) is -1.41. The summed E-state index contributed by atoms with van der Waals surface area (Å²) in [4.78, 5) is 25.5. The highest BCUT2D eigenvalue weighted by atomic mass is 16.5. The molecule has 0 spiro atoms. The van der Waals surface area contributed by atoms with Gasteiger partial charge in [0.2, 0.25) is 0 Å². The van der Waals surface area contributed by atoms with E-state index in [1.54, 1.807) is 18.5 Å². The van der Waals surface area contributed by atoms with Crippen LogP contribution in [0.25, 0.3) is 5.69 Å². The molecule has 2 heterocycles. The van der Waals surface area contributed by atoms with Gasteiger partial charge in [-0.3, -0.25) is 4.79 Å². The molecule has 2 aromatic rings. The molecule has 1 aliphatic rings. The number of morpholine rings is 1. The number of carboxylic acid groups (broad SMARTS) is 1. The highest BCUT2D eigenvalue weighted by Crippen LogP contribution is 2.18. The average Bonchev–Trinajstić information content (AvgIpc) is 2.95. The van der Waals surface area contributed by atoms with Crippen molar-refractivity contribution >= 4 is 11.9 Å². The molecule has 3 rings (SSSR count). The van der Waals surface area contributed by atoms with Crippen LogP contribution >= 0.6 is 0 Å². The quantitative estimate of drug-likeness (QED) is 0.898. The Labute approximate surface area is 145 Å². The normalized spacial score (nSPS) is 20.5. The number of rotatable bonds is 3. The maximum atomic E-state index is 12.8. The van der Waals surface area contributed by atoms with Crippen LogP contribution < -0.4 is 0 Å². The van der Waals surface area contributed by atoms with Crippen LogP contribution in [0, 0.1) is 13.8 Å². The second-order valence-electron chi connectivity index (χ2n) is 6.26. The number of carbonyl (C=O) groups excluding carboxylic acids is 1. The van der Waals surface area contributed by atoms with Crippen molar-refractivity contribution in [3.8, 4) is 5.69 Å². The van der Waals surface area contributed by atoms with Crippen LogP contribution in [-0.2, 0) is 9.53 Å². The van der Waals surface area contributed by atoms with Crippen LogP contribution in [-0.4, -0.2) is 62.2 Å². The standard InChI is InChI=1S/C17H20N4O4/c1-10-5-4-6-13(7-10)21-12(3)15(18-19-21)16(22)20-8-11(2)25-14(9-20)17(23)24/h4-7,11,14H,8-9H2,1-3H3,(H,23,24)/t11-,14?/m1/s1. The number of carboxylic acids is 1. The van der Waals surface area contributed by atoms with Gasteiger partial charge in [0.25, 0.3) is 5.91 Å². The molecule has 2 atom stereocenters. The van der Waals surface area contributed by atoms with E-state index in [2.05, 4.69) is 10.3 Å². The Morgan fingerprint density at radius 1 is 1.28 bits per heavy atom. The van der Waals surface area contributed by atoms with E-state index in [0.29, 0.717) is 12.2 Å². The number of ether oxygens (including phenoxy) is 1. The van der Waals surface area contributed by atoms with Crippen LogP contribution in [0.15, 0.2) is 24.3 Å². The summed E-state index contributed by atoms with van der Waals surface area (Å²) in [6.07, 6.45) is -1.38. The number of aryl methyl sites for hydroxylation is 1. The Morgan fingerprint density at radius 2 is 2.04 bits per heavy atom. The third-order valence-electron chi connectivity index (χ3n) is 4.17. The number of nitrogens with zero attached hydrogens (tertiary/aromatic N) is 4. The molecule has 1 aliphatic heterocycles. The molecule has 0 aliphatic carbocycles. The molecule has 132 valence electrons. The van der Waals surface area contributed by atoms with Gasteiger partial charge in [0, 0.05) is 6.54 Å². The fourth-order valence-electron chi connectivity index (χ4n) is 2.94. The van der Waals surface area contributed by atoms with Gasteiger partial charge in [-0.1, -0.05) is 17.3 Å². The van der Waals surface area contributed by atoms with Crippen molar-refractivity contribution in [1.82, 2.24) is 19.9 Å². The minimum absolute atomic E-state index is 0.00471. The van der Waals surface area contributed by atoms with Crippen molar-refractivity contribution in [2.24, 2.45) is 0 Å². The predicted octanol–water partition coefficient (Wildman–Crippen LogP) is 1.20. The molecule has 0 bridgehead atoms. The molecule has 1 amide bonds. The molecule has 1 unspecified atom stereocenters. The van der Waals surface area contributed by atoms with Crippen molar-refractivity contribution in [1.29, 1.82) is 0 Å². The Hall–Kier alpha value is -2.74. The smallest absolute Gasteiger partial charge is 0.334 e. The zero-order valence-corrected chi connectivity index (χ0v) is 14.3. The fourth-order valence-corrected chi connectivity index (χ4v) is 2.94. The predicted molar refractivity (Wildman–Crippen MR) is 88.7 cm³/mol. The van der Waals surface area contributed by atoms with Crippen molar-refractivity contribution < 1.29 is 19.4 Å². The minimum atomic E-state index is -1.08. The highest BCUT2D eigenvalue weighted by molar-refractivity contribution is 5.93. The third kappa shape index (κ3) is 3.39. The first kappa shape index (κ1) is 17.1. The zero-order chi connectivity index (χ0) is 18.1. The molecule has 1 aromatic heterocycles. The molecular weight excluding hydrogens is 324 g/mol. The third-order valence-corrected chi connectivity index (χ3v) is 4.17. The molecule has 0 saturated carbocycles. The lowest BCUT2D eigenvalue weighted by atomic mass is 10.2. The van der Waals surface area contributed by atoms with Gasteiger partial charge in [0.05, 0.1) is 24.0 Å². The number of hydrogen-bond donors (Lipinski definition) is 1. The Balaban J connectivity index is 1.87. The summed E-state index contributed by atoms with van der Waals surface area (Å²) >= 11 is 0. The van der Waals surface area contributed by atoms with E-state index in [1.165, 1.54) is 4.90 Å². The molecule has 0 radical (unpaired) electrons. The maximum absolute atomic E-state index is 12.8. The van der Waals surface area contributed by atoms with E-state index in [1.807, 2.05) is 31.2 Å². The summed E-state index contributed by atoms with van der Waals surface area (Å²) in [6, 6.07) is 7.73. The highest BCUT2D eigenvalue weighted by Gasteiger charge is 2.34. The summed E-state index contributed by atoms with van der Waals surface area (Å²) in [5, 5.41) is 17.3. The first-order chi connectivity index (χ1) is 11.9. The minimum Gasteiger partial charge on any atom is -0.479 e. The monoisotopic (exact) mass is 344 g/mol. The molecule has 25 heavy (non-hydrogen) atoms. The lowest BCUT2D eigenvalue weighted by Gasteiger charge is -2.34. The second kappa shape index (κ2) is 6.64. The number of hydrogen-bond acceptors (Lipinski definition) is 5. The number of amides is 1. The summed E-state index contributed by atoms with van der Waals surface area (Å²) in [7, 11) is 0. The molecule has 1 aromatic carbocycles. The lowest BCUT2D eigenvalue weighted by Crippen LogP contribution is -2.52. The molecule has 8 heteroatoms. The van der Waals surface area contributed by atoms with Gasteiger partial charge in [0.15, 0.2) is 11.8 Å². The van der Waals surface area contributed by atoms with Gasteiger partial charge in [-0.2, -0.15) is 0 Å². The average molecular weight is 344 g/mol. The topological polar surface area (TPSA) is 97.6 Å². The van der Waals surface area contributed by atoms with Gasteiger partial charge in [-0.05, 0) is 38.5 Å². The Bertz CT molecular complexity index is 817. The van der Waals surface area contributed by atoms with E-state index < -0.39 is 12.1 Å².